The van der Waals surface area contributed by atoms with E-state index in [0.717, 1.165) is 32.1 Å². The molecular formula is C19H18BrCl2N5O3. The van der Waals surface area contributed by atoms with Gasteiger partial charge in [-0.15, -0.1) is 0 Å². The predicted molar refractivity (Wildman–Crippen MR) is 115 cm³/mol. The maximum Gasteiger partial charge on any atom is 0.492 e. The number of nitro groups is 1. The van der Waals surface area contributed by atoms with E-state index in [-0.39, 0.29) is 5.91 Å². The van der Waals surface area contributed by atoms with Crippen LogP contribution in [0.25, 0.3) is 0 Å². The fraction of sp³-hybridized carbons (Fsp3) is 0.526. The van der Waals surface area contributed by atoms with Crippen LogP contribution in [0.3, 0.4) is 0 Å². The molecule has 1 heterocycles. The standard InChI is InChI=1S/C19H18BrCl2N5O3/c20-16-24-17(27(29)30)25-26(16)19-7-10-3-11(8-19)6-18(5-10,9-19)15(28)23-14-4-12(21)1-2-13(14)22/h1-2,4,10-11H,3,5-9H2,(H,23,28). The third kappa shape index (κ3) is 3.13. The number of nitrogens with one attached hydrogen (secondary N) is 1. The minimum atomic E-state index is -0.592. The first-order chi connectivity index (χ1) is 14.2. The van der Waals surface area contributed by atoms with Crippen LogP contribution in [0, 0.1) is 27.4 Å². The van der Waals surface area contributed by atoms with Crippen molar-refractivity contribution in [2.75, 3.05) is 5.32 Å². The minimum Gasteiger partial charge on any atom is -0.390 e. The average Bonchev–Trinajstić information content (AvgIpc) is 3.06. The maximum absolute atomic E-state index is 13.5. The van der Waals surface area contributed by atoms with E-state index in [9.17, 15) is 14.9 Å². The summed E-state index contributed by atoms with van der Waals surface area (Å²) in [6.07, 6.45) is 4.91. The van der Waals surface area contributed by atoms with Crippen LogP contribution in [-0.4, -0.2) is 25.6 Å². The van der Waals surface area contributed by atoms with E-state index >= 15 is 0 Å². The number of benzene rings is 1. The molecule has 1 aromatic heterocycles. The molecule has 2 aromatic rings. The molecule has 1 aromatic carbocycles. The Labute approximate surface area is 190 Å². The number of halogens is 3. The van der Waals surface area contributed by atoms with E-state index in [0.29, 0.717) is 38.7 Å². The number of hydrogen-bond acceptors (Lipinski definition) is 5. The third-order valence-corrected chi connectivity index (χ3v) is 7.94. The topological polar surface area (TPSA) is 103 Å². The molecule has 8 nitrogen and oxygen atoms in total. The molecule has 2 unspecified atom stereocenters. The molecule has 4 fully saturated rings. The zero-order valence-corrected chi connectivity index (χ0v) is 18.9. The van der Waals surface area contributed by atoms with Crippen LogP contribution in [0.2, 0.25) is 10.0 Å². The van der Waals surface area contributed by atoms with Gasteiger partial charge in [0.05, 0.1) is 21.7 Å². The monoisotopic (exact) mass is 513 g/mol. The normalized spacial score (nSPS) is 31.7. The van der Waals surface area contributed by atoms with Gasteiger partial charge in [-0.1, -0.05) is 23.2 Å². The largest absolute Gasteiger partial charge is 0.492 e. The Morgan fingerprint density at radius 2 is 1.97 bits per heavy atom. The van der Waals surface area contributed by atoms with E-state index in [2.05, 4.69) is 31.3 Å². The Hall–Kier alpha value is -1.71. The van der Waals surface area contributed by atoms with Crippen molar-refractivity contribution in [3.8, 4) is 0 Å². The van der Waals surface area contributed by atoms with E-state index < -0.39 is 21.8 Å². The number of hydrogen-bond donors (Lipinski definition) is 1. The van der Waals surface area contributed by atoms with E-state index in [1.165, 1.54) is 0 Å². The van der Waals surface area contributed by atoms with Crippen LogP contribution < -0.4 is 5.32 Å². The van der Waals surface area contributed by atoms with Gasteiger partial charge in [-0.05, 0) is 78.5 Å². The van der Waals surface area contributed by atoms with Crippen molar-refractivity contribution in [3.05, 3.63) is 43.1 Å². The smallest absolute Gasteiger partial charge is 0.390 e. The maximum atomic E-state index is 13.5. The van der Waals surface area contributed by atoms with Crippen molar-refractivity contribution in [1.82, 2.24) is 14.8 Å². The molecule has 0 saturated heterocycles. The van der Waals surface area contributed by atoms with Crippen molar-refractivity contribution < 1.29 is 9.72 Å². The summed E-state index contributed by atoms with van der Waals surface area (Å²) in [5, 5.41) is 19.3. The van der Waals surface area contributed by atoms with Crippen LogP contribution in [0.15, 0.2) is 22.9 Å². The highest BCUT2D eigenvalue weighted by molar-refractivity contribution is 9.10. The summed E-state index contributed by atoms with van der Waals surface area (Å²) in [7, 11) is 0. The van der Waals surface area contributed by atoms with Gasteiger partial charge in [0.1, 0.15) is 0 Å². The summed E-state index contributed by atoms with van der Waals surface area (Å²) in [5.74, 6) is 0.224. The first-order valence-corrected chi connectivity index (χ1v) is 11.3. The van der Waals surface area contributed by atoms with Crippen LogP contribution in [0.4, 0.5) is 11.6 Å². The zero-order chi connectivity index (χ0) is 21.3. The minimum absolute atomic E-state index is 0.0733. The molecule has 1 N–H and O–H groups in total. The van der Waals surface area contributed by atoms with Crippen molar-refractivity contribution in [2.45, 2.75) is 44.1 Å². The Kier molecular flexibility index (Phi) is 4.65. The number of rotatable bonds is 4. The summed E-state index contributed by atoms with van der Waals surface area (Å²) >= 11 is 15.7. The summed E-state index contributed by atoms with van der Waals surface area (Å²) < 4.78 is 1.99. The van der Waals surface area contributed by atoms with Gasteiger partial charge in [0, 0.05) is 26.1 Å². The molecule has 30 heavy (non-hydrogen) atoms. The average molecular weight is 515 g/mol. The molecular weight excluding hydrogens is 497 g/mol. The quantitative estimate of drug-likeness (QED) is 0.446. The molecule has 4 bridgehead atoms. The van der Waals surface area contributed by atoms with Crippen molar-refractivity contribution in [3.63, 3.8) is 0 Å². The van der Waals surface area contributed by atoms with E-state index in [1.54, 1.807) is 22.9 Å². The van der Waals surface area contributed by atoms with Gasteiger partial charge in [-0.3, -0.25) is 4.79 Å². The lowest BCUT2D eigenvalue weighted by Gasteiger charge is -2.60. The Balaban J connectivity index is 1.50. The predicted octanol–water partition coefficient (Wildman–Crippen LogP) is 5.19. The summed E-state index contributed by atoms with van der Waals surface area (Å²) in [5.41, 5.74) is -0.535. The van der Waals surface area contributed by atoms with Gasteiger partial charge in [0.15, 0.2) is 0 Å². The second-order valence-corrected chi connectivity index (χ2v) is 10.4. The lowest BCUT2D eigenvalue weighted by atomic mass is 9.46. The molecule has 158 valence electrons. The summed E-state index contributed by atoms with van der Waals surface area (Å²) in [6.45, 7) is 0. The number of carbonyl (C=O) groups is 1. The second kappa shape index (κ2) is 6.90. The molecule has 1 amide bonds. The first-order valence-electron chi connectivity index (χ1n) is 9.74. The highest BCUT2D eigenvalue weighted by Gasteiger charge is 2.63. The third-order valence-electron chi connectivity index (χ3n) is 6.86. The van der Waals surface area contributed by atoms with Crippen LogP contribution >= 0.6 is 39.1 Å². The van der Waals surface area contributed by atoms with Gasteiger partial charge in [0.25, 0.3) is 4.73 Å². The lowest BCUT2D eigenvalue weighted by Crippen LogP contribution is -2.60. The zero-order valence-electron chi connectivity index (χ0n) is 15.8. The first kappa shape index (κ1) is 20.2. The summed E-state index contributed by atoms with van der Waals surface area (Å²) in [6, 6.07) is 4.98. The molecule has 0 radical (unpaired) electrons. The van der Waals surface area contributed by atoms with Crippen molar-refractivity contribution >= 4 is 56.7 Å². The summed E-state index contributed by atoms with van der Waals surface area (Å²) in [4.78, 5) is 28.1. The number of amides is 1. The molecule has 2 atom stereocenters. The van der Waals surface area contributed by atoms with E-state index in [1.807, 2.05) is 0 Å². The van der Waals surface area contributed by atoms with Crippen molar-refractivity contribution in [1.29, 1.82) is 0 Å². The van der Waals surface area contributed by atoms with Gasteiger partial charge in [-0.2, -0.15) is 4.68 Å². The van der Waals surface area contributed by atoms with Gasteiger partial charge in [-0.25, -0.2) is 0 Å². The Morgan fingerprint density at radius 3 is 2.60 bits per heavy atom. The van der Waals surface area contributed by atoms with Gasteiger partial charge >= 0.3 is 5.95 Å². The molecule has 0 aliphatic heterocycles. The van der Waals surface area contributed by atoms with Crippen molar-refractivity contribution in [2.24, 2.45) is 17.3 Å². The Bertz CT molecular complexity index is 1060. The lowest BCUT2D eigenvalue weighted by molar-refractivity contribution is -0.394. The fourth-order valence-electron chi connectivity index (χ4n) is 6.24. The van der Waals surface area contributed by atoms with Gasteiger partial charge in [0.2, 0.25) is 5.91 Å². The van der Waals surface area contributed by atoms with Crippen LogP contribution in [-0.2, 0) is 10.3 Å². The molecule has 4 aliphatic rings. The van der Waals surface area contributed by atoms with Gasteiger partial charge < -0.3 is 15.4 Å². The molecule has 0 spiro atoms. The van der Waals surface area contributed by atoms with Crippen LogP contribution in [0.1, 0.15) is 38.5 Å². The van der Waals surface area contributed by atoms with E-state index in [4.69, 9.17) is 23.2 Å². The second-order valence-electron chi connectivity index (χ2n) is 8.89. The number of nitrogens with zero attached hydrogens (tertiary/aromatic N) is 4. The molecule has 11 heteroatoms. The highest BCUT2D eigenvalue weighted by Crippen LogP contribution is 2.64. The van der Waals surface area contributed by atoms with Crippen LogP contribution in [0.5, 0.6) is 0 Å². The SMILES string of the molecule is O=C(Nc1cc(Cl)ccc1Cl)C12CC3CC(C1)CC(n1nc([N+](=O)[O-])nc1Br)(C3)C2. The number of carbonyl (C=O) groups excluding carboxylic acids is 1. The number of aromatic nitrogens is 3. The fourth-order valence-corrected chi connectivity index (χ4v) is 7.19. The number of anilines is 1. The molecule has 4 saturated carbocycles. The highest BCUT2D eigenvalue weighted by atomic mass is 79.9. The molecule has 6 rings (SSSR count). The Morgan fingerprint density at radius 1 is 1.27 bits per heavy atom. The molecule has 4 aliphatic carbocycles.